The van der Waals surface area contributed by atoms with Gasteiger partial charge in [-0.3, -0.25) is 0 Å². The molecule has 0 bridgehead atoms. The Morgan fingerprint density at radius 2 is 1.60 bits per heavy atom. The molecular formula is C24H23N. The molecular weight excluding hydrogens is 302 g/mol. The summed E-state index contributed by atoms with van der Waals surface area (Å²) >= 11 is 0. The number of benzene rings is 3. The number of fused-ring (bicyclic) bond motifs is 1. The molecule has 0 saturated heterocycles. The first-order valence-corrected chi connectivity index (χ1v) is 8.87. The van der Waals surface area contributed by atoms with Crippen LogP contribution in [0.3, 0.4) is 0 Å². The molecule has 1 nitrogen and oxygen atoms in total. The molecule has 0 saturated carbocycles. The highest BCUT2D eigenvalue weighted by molar-refractivity contribution is 5.61. The van der Waals surface area contributed by atoms with Crippen LogP contribution in [0.5, 0.6) is 0 Å². The molecule has 1 unspecified atom stereocenters. The second-order valence-corrected chi connectivity index (χ2v) is 6.81. The van der Waals surface area contributed by atoms with Gasteiger partial charge in [0.25, 0.3) is 0 Å². The molecule has 0 fully saturated rings. The Kier molecular flexibility index (Phi) is 4.15. The Hall–Kier alpha value is -2.80. The van der Waals surface area contributed by atoms with Crippen LogP contribution < -0.4 is 4.90 Å². The molecule has 4 rings (SSSR count). The van der Waals surface area contributed by atoms with Crippen molar-refractivity contribution in [3.05, 3.63) is 107 Å². The quantitative estimate of drug-likeness (QED) is 0.564. The average Bonchev–Trinajstić information content (AvgIpc) is 3.02. The summed E-state index contributed by atoms with van der Waals surface area (Å²) in [5.74, 6) is 0. The van der Waals surface area contributed by atoms with Crippen LogP contribution in [-0.2, 0) is 6.54 Å². The maximum atomic E-state index is 2.50. The second kappa shape index (κ2) is 6.60. The van der Waals surface area contributed by atoms with Gasteiger partial charge < -0.3 is 4.90 Å². The van der Waals surface area contributed by atoms with Crippen molar-refractivity contribution in [1.29, 1.82) is 0 Å². The van der Waals surface area contributed by atoms with Crippen molar-refractivity contribution >= 4 is 11.8 Å². The first kappa shape index (κ1) is 15.7. The van der Waals surface area contributed by atoms with Crippen LogP contribution in [0.25, 0.3) is 6.08 Å². The average molecular weight is 325 g/mol. The zero-order chi connectivity index (χ0) is 17.2. The minimum Gasteiger partial charge on any atom is -0.357 e. The van der Waals surface area contributed by atoms with Gasteiger partial charge in [0, 0.05) is 12.2 Å². The molecule has 1 heterocycles. The number of nitrogens with zero attached hydrogens (tertiary/aromatic N) is 1. The van der Waals surface area contributed by atoms with Crippen LogP contribution in [-0.4, -0.2) is 0 Å². The highest BCUT2D eigenvalue weighted by Gasteiger charge is 2.28. The zero-order valence-electron chi connectivity index (χ0n) is 14.8. The molecule has 0 aliphatic carbocycles. The monoisotopic (exact) mass is 325 g/mol. The lowest BCUT2D eigenvalue weighted by atomic mass is 10.0. The summed E-state index contributed by atoms with van der Waals surface area (Å²) in [6.07, 6.45) is 4.57. The smallest absolute Gasteiger partial charge is 0.0736 e. The summed E-state index contributed by atoms with van der Waals surface area (Å²) < 4.78 is 0. The van der Waals surface area contributed by atoms with Gasteiger partial charge in [-0.1, -0.05) is 72.8 Å². The molecule has 0 amide bonds. The van der Waals surface area contributed by atoms with E-state index in [0.29, 0.717) is 0 Å². The molecule has 1 atom stereocenters. The van der Waals surface area contributed by atoms with E-state index in [9.17, 15) is 0 Å². The summed E-state index contributed by atoms with van der Waals surface area (Å²) in [7, 11) is 0. The molecule has 1 aliphatic rings. The van der Waals surface area contributed by atoms with Crippen LogP contribution in [0.4, 0.5) is 5.69 Å². The predicted octanol–water partition coefficient (Wildman–Crippen LogP) is 6.08. The van der Waals surface area contributed by atoms with Crippen molar-refractivity contribution in [2.24, 2.45) is 0 Å². The van der Waals surface area contributed by atoms with Crippen LogP contribution >= 0.6 is 0 Å². The number of rotatable bonds is 3. The summed E-state index contributed by atoms with van der Waals surface area (Å²) in [5.41, 5.74) is 8.06. The number of anilines is 1. The van der Waals surface area contributed by atoms with E-state index in [0.717, 1.165) is 6.54 Å². The van der Waals surface area contributed by atoms with Crippen LogP contribution in [0.1, 0.15) is 33.9 Å². The lowest BCUT2D eigenvalue weighted by molar-refractivity contribution is 0.795. The van der Waals surface area contributed by atoms with Gasteiger partial charge in [-0.05, 0) is 53.8 Å². The Labute approximate surface area is 150 Å². The summed E-state index contributed by atoms with van der Waals surface area (Å²) in [4.78, 5) is 2.50. The van der Waals surface area contributed by atoms with Crippen LogP contribution in [0, 0.1) is 13.8 Å². The molecule has 124 valence electrons. The lowest BCUT2D eigenvalue weighted by Crippen LogP contribution is -2.20. The number of hydrogen-bond donors (Lipinski definition) is 0. The molecule has 0 radical (unpaired) electrons. The third-order valence-corrected chi connectivity index (χ3v) is 5.14. The van der Waals surface area contributed by atoms with Crippen molar-refractivity contribution in [3.8, 4) is 0 Å². The molecule has 1 aliphatic heterocycles. The molecule has 0 aromatic heterocycles. The maximum Gasteiger partial charge on any atom is 0.0736 e. The Bertz CT molecular complexity index is 908. The van der Waals surface area contributed by atoms with Crippen molar-refractivity contribution in [2.75, 3.05) is 4.90 Å². The van der Waals surface area contributed by atoms with Crippen molar-refractivity contribution < 1.29 is 0 Å². The normalized spacial score (nSPS) is 16.4. The molecule has 0 spiro atoms. The summed E-state index contributed by atoms with van der Waals surface area (Å²) in [6.45, 7) is 5.32. The van der Waals surface area contributed by atoms with Crippen LogP contribution in [0.2, 0.25) is 0 Å². The fourth-order valence-corrected chi connectivity index (χ4v) is 3.55. The Morgan fingerprint density at radius 1 is 0.840 bits per heavy atom. The molecule has 25 heavy (non-hydrogen) atoms. The highest BCUT2D eigenvalue weighted by Crippen LogP contribution is 2.39. The predicted molar refractivity (Wildman–Crippen MR) is 107 cm³/mol. The van der Waals surface area contributed by atoms with Gasteiger partial charge in [0.2, 0.25) is 0 Å². The largest absolute Gasteiger partial charge is 0.357 e. The molecule has 3 aromatic carbocycles. The topological polar surface area (TPSA) is 3.24 Å². The van der Waals surface area contributed by atoms with E-state index in [1.165, 1.54) is 33.5 Å². The third-order valence-electron chi connectivity index (χ3n) is 5.14. The van der Waals surface area contributed by atoms with Crippen molar-refractivity contribution in [1.82, 2.24) is 0 Å². The summed E-state index contributed by atoms with van der Waals surface area (Å²) in [6, 6.07) is 26.4. The first-order valence-electron chi connectivity index (χ1n) is 8.87. The van der Waals surface area contributed by atoms with E-state index in [4.69, 9.17) is 0 Å². The van der Waals surface area contributed by atoms with Crippen molar-refractivity contribution in [2.45, 2.75) is 26.4 Å². The summed E-state index contributed by atoms with van der Waals surface area (Å²) in [5, 5.41) is 0. The molecule has 3 aromatic rings. The van der Waals surface area contributed by atoms with E-state index < -0.39 is 0 Å². The number of aryl methyl sites for hydroxylation is 2. The van der Waals surface area contributed by atoms with Gasteiger partial charge in [0.05, 0.1) is 6.04 Å². The van der Waals surface area contributed by atoms with E-state index >= 15 is 0 Å². The highest BCUT2D eigenvalue weighted by atomic mass is 15.2. The van der Waals surface area contributed by atoms with E-state index in [1.807, 2.05) is 0 Å². The van der Waals surface area contributed by atoms with Gasteiger partial charge in [-0.15, -0.1) is 0 Å². The minimum atomic E-state index is 0.276. The number of hydrogen-bond acceptors (Lipinski definition) is 1. The van der Waals surface area contributed by atoms with Gasteiger partial charge in [0.1, 0.15) is 0 Å². The standard InChI is InChI=1S/C24H23N/c1-18-12-14-22(16-19(18)2)25-17-21-10-6-7-11-23(21)24(25)15-13-20-8-4-3-5-9-20/h3-16,24H,17H2,1-2H3/b15-13+. The van der Waals surface area contributed by atoms with Gasteiger partial charge >= 0.3 is 0 Å². The third kappa shape index (κ3) is 3.10. The van der Waals surface area contributed by atoms with E-state index in [1.54, 1.807) is 0 Å². The van der Waals surface area contributed by atoms with Crippen LogP contribution in [0.15, 0.2) is 78.9 Å². The second-order valence-electron chi connectivity index (χ2n) is 6.81. The zero-order valence-corrected chi connectivity index (χ0v) is 14.8. The van der Waals surface area contributed by atoms with E-state index in [-0.39, 0.29) is 6.04 Å². The fraction of sp³-hybridized carbons (Fsp3) is 0.167. The first-order chi connectivity index (χ1) is 12.2. The van der Waals surface area contributed by atoms with Gasteiger partial charge in [-0.25, -0.2) is 0 Å². The van der Waals surface area contributed by atoms with Gasteiger partial charge in [0.15, 0.2) is 0 Å². The van der Waals surface area contributed by atoms with Gasteiger partial charge in [-0.2, -0.15) is 0 Å². The molecule has 1 heteroatoms. The SMILES string of the molecule is Cc1ccc(N2Cc3ccccc3C2/C=C/c2ccccc2)cc1C. The maximum absolute atomic E-state index is 2.50. The Morgan fingerprint density at radius 3 is 2.40 bits per heavy atom. The Balaban J connectivity index is 1.73. The van der Waals surface area contributed by atoms with Crippen molar-refractivity contribution in [3.63, 3.8) is 0 Å². The lowest BCUT2D eigenvalue weighted by Gasteiger charge is -2.26. The fourth-order valence-electron chi connectivity index (χ4n) is 3.55. The minimum absolute atomic E-state index is 0.276. The molecule has 0 N–H and O–H groups in total. The van der Waals surface area contributed by atoms with E-state index in [2.05, 4.69) is 104 Å².